The zero-order chi connectivity index (χ0) is 48.9. The average Bonchev–Trinajstić information content (AvgIpc) is 3.31. The van der Waals surface area contributed by atoms with E-state index < -0.39 is 6.10 Å². The van der Waals surface area contributed by atoms with Crippen LogP contribution in [0.1, 0.15) is 343 Å². The van der Waals surface area contributed by atoms with E-state index in [2.05, 4.69) is 34.6 Å². The quantitative estimate of drug-likeness (QED) is 0.0343. The first-order valence-electron chi connectivity index (χ1n) is 30.3. The van der Waals surface area contributed by atoms with E-state index in [4.69, 9.17) is 14.2 Å². The maximum atomic E-state index is 12.9. The van der Waals surface area contributed by atoms with Gasteiger partial charge in [-0.2, -0.15) is 0 Å². The average molecular weight is 948 g/mol. The van der Waals surface area contributed by atoms with E-state index in [0.29, 0.717) is 19.3 Å². The van der Waals surface area contributed by atoms with Gasteiger partial charge in [-0.15, -0.1) is 0 Å². The fourth-order valence-corrected chi connectivity index (χ4v) is 9.37. The molecule has 1 unspecified atom stereocenters. The summed E-state index contributed by atoms with van der Waals surface area (Å²) in [5.74, 6) is 0.892. The molecule has 0 aliphatic rings. The van der Waals surface area contributed by atoms with Crippen LogP contribution in [-0.2, 0) is 28.6 Å². The van der Waals surface area contributed by atoms with Crippen LogP contribution >= 0.6 is 0 Å². The molecule has 0 N–H and O–H groups in total. The molecule has 6 nitrogen and oxygen atoms in total. The molecule has 0 rings (SSSR count). The summed E-state index contributed by atoms with van der Waals surface area (Å²) in [5.41, 5.74) is 0. The summed E-state index contributed by atoms with van der Waals surface area (Å²) in [5, 5.41) is 0. The van der Waals surface area contributed by atoms with Gasteiger partial charge in [0, 0.05) is 19.3 Å². The van der Waals surface area contributed by atoms with E-state index in [1.54, 1.807) is 0 Å². The van der Waals surface area contributed by atoms with Crippen molar-refractivity contribution in [2.24, 2.45) is 11.8 Å². The molecule has 0 bridgehead atoms. The maximum absolute atomic E-state index is 12.9. The second-order valence-corrected chi connectivity index (χ2v) is 21.7. The molecule has 0 aromatic heterocycles. The minimum Gasteiger partial charge on any atom is -0.462 e. The fraction of sp³-hybridized carbons (Fsp3) is 0.951. The largest absolute Gasteiger partial charge is 0.462 e. The third-order valence-corrected chi connectivity index (χ3v) is 14.3. The maximum Gasteiger partial charge on any atom is 0.306 e. The number of hydrogen-bond donors (Lipinski definition) is 0. The van der Waals surface area contributed by atoms with Gasteiger partial charge in [0.1, 0.15) is 13.2 Å². The summed E-state index contributed by atoms with van der Waals surface area (Å²) in [6.45, 7) is 11.5. The van der Waals surface area contributed by atoms with E-state index in [-0.39, 0.29) is 31.1 Å². The molecule has 0 radical (unpaired) electrons. The zero-order valence-electron chi connectivity index (χ0n) is 46.0. The molecule has 0 fully saturated rings. The first kappa shape index (κ1) is 65.4. The van der Waals surface area contributed by atoms with Crippen LogP contribution in [0.25, 0.3) is 0 Å². The van der Waals surface area contributed by atoms with Crippen molar-refractivity contribution in [3.05, 3.63) is 0 Å². The van der Waals surface area contributed by atoms with Crippen molar-refractivity contribution in [2.45, 2.75) is 349 Å². The minimum absolute atomic E-state index is 0.0624. The summed E-state index contributed by atoms with van der Waals surface area (Å²) >= 11 is 0. The first-order chi connectivity index (χ1) is 32.8. The van der Waals surface area contributed by atoms with Gasteiger partial charge in [0.05, 0.1) is 0 Å². The lowest BCUT2D eigenvalue weighted by molar-refractivity contribution is -0.167. The molecule has 67 heavy (non-hydrogen) atoms. The molecule has 398 valence electrons. The van der Waals surface area contributed by atoms with Gasteiger partial charge < -0.3 is 14.2 Å². The number of carbonyl (C=O) groups is 3. The van der Waals surface area contributed by atoms with Crippen molar-refractivity contribution in [3.8, 4) is 0 Å². The van der Waals surface area contributed by atoms with Crippen molar-refractivity contribution >= 4 is 17.9 Å². The second kappa shape index (κ2) is 53.8. The van der Waals surface area contributed by atoms with Gasteiger partial charge >= 0.3 is 17.9 Å². The topological polar surface area (TPSA) is 78.9 Å². The molecule has 2 atom stereocenters. The van der Waals surface area contributed by atoms with Crippen LogP contribution in [0, 0.1) is 11.8 Å². The number of carbonyl (C=O) groups excluding carboxylic acids is 3. The molecule has 0 saturated carbocycles. The molecule has 0 aromatic carbocycles. The second-order valence-electron chi connectivity index (χ2n) is 21.7. The van der Waals surface area contributed by atoms with Crippen LogP contribution in [0.4, 0.5) is 0 Å². The van der Waals surface area contributed by atoms with Gasteiger partial charge in [-0.3, -0.25) is 14.4 Å². The standard InChI is InChI=1S/C61H118O6/c1-6-8-9-10-11-12-13-14-22-25-31-36-41-46-51-59(62)65-54-58(55-66-60(63)52-47-42-37-32-28-27-30-35-40-45-50-57(5)7-2)67-61(64)53-48-43-38-33-26-23-20-18-16-15-17-19-21-24-29-34-39-44-49-56(3)4/h56-58H,6-55H2,1-5H3/t57?,58-/m0/s1. The lowest BCUT2D eigenvalue weighted by Crippen LogP contribution is -2.30. The van der Waals surface area contributed by atoms with E-state index in [1.165, 1.54) is 231 Å². The molecular formula is C61H118O6. The molecular weight excluding hydrogens is 829 g/mol. The molecule has 0 amide bonds. The van der Waals surface area contributed by atoms with E-state index >= 15 is 0 Å². The highest BCUT2D eigenvalue weighted by atomic mass is 16.6. The molecule has 0 aliphatic carbocycles. The molecule has 0 aromatic rings. The molecule has 0 aliphatic heterocycles. The number of hydrogen-bond acceptors (Lipinski definition) is 6. The van der Waals surface area contributed by atoms with Crippen molar-refractivity contribution in [1.29, 1.82) is 0 Å². The Bertz CT molecular complexity index is 1030. The summed E-state index contributed by atoms with van der Waals surface area (Å²) in [6.07, 6.45) is 58.0. The van der Waals surface area contributed by atoms with E-state index in [9.17, 15) is 14.4 Å². The molecule has 0 heterocycles. The Morgan fingerprint density at radius 2 is 0.567 bits per heavy atom. The molecule has 6 heteroatoms. The Morgan fingerprint density at radius 1 is 0.313 bits per heavy atom. The monoisotopic (exact) mass is 947 g/mol. The summed E-state index contributed by atoms with van der Waals surface area (Å²) in [4.78, 5) is 38.2. The Hall–Kier alpha value is -1.59. The highest BCUT2D eigenvalue weighted by Gasteiger charge is 2.19. The number of rotatable bonds is 55. The Morgan fingerprint density at radius 3 is 0.851 bits per heavy atom. The van der Waals surface area contributed by atoms with Crippen molar-refractivity contribution in [3.63, 3.8) is 0 Å². The van der Waals surface area contributed by atoms with Gasteiger partial charge in [0.15, 0.2) is 6.10 Å². The zero-order valence-corrected chi connectivity index (χ0v) is 46.0. The summed E-state index contributed by atoms with van der Waals surface area (Å²) in [6, 6.07) is 0. The van der Waals surface area contributed by atoms with E-state index in [1.807, 2.05) is 0 Å². The highest BCUT2D eigenvalue weighted by Crippen LogP contribution is 2.19. The third kappa shape index (κ3) is 53.6. The SMILES string of the molecule is CCCCCCCCCCCCCCCCC(=O)OC[C@@H](COC(=O)CCCCCCCCCCCCC(C)CC)OC(=O)CCCCCCCCCCCCCCCCCCCCC(C)C. The van der Waals surface area contributed by atoms with Gasteiger partial charge in [0.2, 0.25) is 0 Å². The minimum atomic E-state index is -0.763. The van der Waals surface area contributed by atoms with Crippen LogP contribution in [0.15, 0.2) is 0 Å². The molecule has 0 spiro atoms. The van der Waals surface area contributed by atoms with E-state index in [0.717, 1.165) is 69.6 Å². The normalized spacial score (nSPS) is 12.4. The fourth-order valence-electron chi connectivity index (χ4n) is 9.37. The van der Waals surface area contributed by atoms with Crippen LogP contribution in [-0.4, -0.2) is 37.2 Å². The Labute approximate surface area is 418 Å². The number of unbranched alkanes of at least 4 members (excludes halogenated alkanes) is 39. The van der Waals surface area contributed by atoms with Crippen LogP contribution < -0.4 is 0 Å². The van der Waals surface area contributed by atoms with Crippen LogP contribution in [0.2, 0.25) is 0 Å². The van der Waals surface area contributed by atoms with Crippen LogP contribution in [0.5, 0.6) is 0 Å². The van der Waals surface area contributed by atoms with Gasteiger partial charge in [0.25, 0.3) is 0 Å². The Kier molecular flexibility index (Phi) is 52.5. The number of esters is 3. The van der Waals surface area contributed by atoms with Crippen molar-refractivity contribution in [2.75, 3.05) is 13.2 Å². The van der Waals surface area contributed by atoms with Gasteiger partial charge in [-0.25, -0.2) is 0 Å². The lowest BCUT2D eigenvalue weighted by Gasteiger charge is -2.18. The van der Waals surface area contributed by atoms with Gasteiger partial charge in [-0.1, -0.05) is 304 Å². The summed E-state index contributed by atoms with van der Waals surface area (Å²) in [7, 11) is 0. The van der Waals surface area contributed by atoms with Crippen molar-refractivity contribution < 1.29 is 28.6 Å². The number of ether oxygens (including phenoxy) is 3. The summed E-state index contributed by atoms with van der Waals surface area (Å²) < 4.78 is 16.9. The van der Waals surface area contributed by atoms with Gasteiger partial charge in [-0.05, 0) is 31.1 Å². The van der Waals surface area contributed by atoms with Crippen molar-refractivity contribution in [1.82, 2.24) is 0 Å². The molecule has 0 saturated heterocycles. The smallest absolute Gasteiger partial charge is 0.306 e. The Balaban J connectivity index is 4.27. The van der Waals surface area contributed by atoms with Crippen LogP contribution in [0.3, 0.4) is 0 Å². The predicted molar refractivity (Wildman–Crippen MR) is 289 cm³/mol. The third-order valence-electron chi connectivity index (χ3n) is 14.3. The predicted octanol–water partition coefficient (Wildman–Crippen LogP) is 20.0. The highest BCUT2D eigenvalue weighted by molar-refractivity contribution is 5.71. The lowest BCUT2D eigenvalue weighted by atomic mass is 9.99. The first-order valence-corrected chi connectivity index (χ1v) is 30.3.